The number of aromatic nitrogens is 1. The van der Waals surface area contributed by atoms with Gasteiger partial charge in [0.2, 0.25) is 0 Å². The van der Waals surface area contributed by atoms with E-state index in [0.717, 1.165) is 0 Å². The topological polar surface area (TPSA) is 97.1 Å². The number of amides is 1. The molecule has 0 N–H and O–H groups in total. The summed E-state index contributed by atoms with van der Waals surface area (Å²) in [5.74, 6) is -1.93. The molecule has 1 aromatic carbocycles. The van der Waals surface area contributed by atoms with Crippen LogP contribution in [0.4, 0.5) is 19.3 Å². The van der Waals surface area contributed by atoms with Crippen LogP contribution in [0.15, 0.2) is 30.5 Å². The predicted molar refractivity (Wildman–Crippen MR) is 138 cm³/mol. The highest BCUT2D eigenvalue weighted by molar-refractivity contribution is 5.69. The van der Waals surface area contributed by atoms with Gasteiger partial charge in [0.15, 0.2) is 23.7 Å². The largest absolute Gasteiger partial charge is 0.488 e. The number of hydrogen-bond donors (Lipinski definition) is 0. The number of ether oxygens (including phenoxy) is 4. The molecule has 2 fully saturated rings. The van der Waals surface area contributed by atoms with Crippen molar-refractivity contribution in [2.24, 2.45) is 5.41 Å². The van der Waals surface area contributed by atoms with Gasteiger partial charge in [0.05, 0.1) is 37.1 Å². The molecule has 0 unspecified atom stereocenters. The molecule has 0 atom stereocenters. The number of pyridine rings is 1. The van der Waals surface area contributed by atoms with Crippen molar-refractivity contribution in [3.8, 4) is 11.8 Å². The van der Waals surface area contributed by atoms with E-state index in [-0.39, 0.29) is 30.4 Å². The average Bonchev–Trinajstić information content (AvgIpc) is 2.86. The summed E-state index contributed by atoms with van der Waals surface area (Å²) in [6, 6.07) is 7.82. The van der Waals surface area contributed by atoms with Gasteiger partial charge in [0.25, 0.3) is 0 Å². The molecule has 0 bridgehead atoms. The lowest BCUT2D eigenvalue weighted by Crippen LogP contribution is -2.65. The molecule has 0 radical (unpaired) electrons. The second-order valence-corrected chi connectivity index (χ2v) is 10.9. The third-order valence-corrected chi connectivity index (χ3v) is 6.44. The zero-order chi connectivity index (χ0) is 28.2. The molecule has 9 nitrogen and oxygen atoms in total. The second-order valence-electron chi connectivity index (χ2n) is 10.9. The lowest BCUT2D eigenvalue weighted by atomic mass is 9.81. The molecular formula is C28H34F2N4O5. The lowest BCUT2D eigenvalue weighted by Gasteiger charge is -2.52. The van der Waals surface area contributed by atoms with Gasteiger partial charge in [0.1, 0.15) is 17.4 Å². The molecule has 1 amide bonds. The van der Waals surface area contributed by atoms with Crippen LogP contribution in [0, 0.1) is 28.4 Å². The number of benzene rings is 1. The van der Waals surface area contributed by atoms with Crippen molar-refractivity contribution in [2.75, 3.05) is 44.4 Å². The van der Waals surface area contributed by atoms with Gasteiger partial charge in [-0.15, -0.1) is 0 Å². The smallest absolute Gasteiger partial charge is 0.410 e. The van der Waals surface area contributed by atoms with Gasteiger partial charge in [-0.05, 0) is 57.5 Å². The first kappa shape index (κ1) is 28.5. The number of anilines is 1. The fourth-order valence-corrected chi connectivity index (χ4v) is 4.60. The maximum absolute atomic E-state index is 14.5. The summed E-state index contributed by atoms with van der Waals surface area (Å²) in [4.78, 5) is 19.9. The summed E-state index contributed by atoms with van der Waals surface area (Å²) in [5.41, 5.74) is 0.564. The Labute approximate surface area is 227 Å². The molecule has 11 heteroatoms. The molecule has 4 rings (SSSR count). The van der Waals surface area contributed by atoms with Crippen LogP contribution in [0.5, 0.6) is 5.75 Å². The molecule has 2 saturated heterocycles. The monoisotopic (exact) mass is 544 g/mol. The summed E-state index contributed by atoms with van der Waals surface area (Å²) in [5, 5.41) is 9.09. The van der Waals surface area contributed by atoms with Crippen LogP contribution < -0.4 is 9.64 Å². The third-order valence-electron chi connectivity index (χ3n) is 6.44. The highest BCUT2D eigenvalue weighted by Gasteiger charge is 2.49. The van der Waals surface area contributed by atoms with Crippen LogP contribution in [0.2, 0.25) is 0 Å². The summed E-state index contributed by atoms with van der Waals surface area (Å²) in [7, 11) is 0. The van der Waals surface area contributed by atoms with Crippen LogP contribution in [-0.4, -0.2) is 67.3 Å². The minimum atomic E-state index is -0.769. The summed E-state index contributed by atoms with van der Waals surface area (Å²) >= 11 is 0. The Morgan fingerprint density at radius 1 is 1.23 bits per heavy atom. The Kier molecular flexibility index (Phi) is 8.57. The van der Waals surface area contributed by atoms with E-state index in [2.05, 4.69) is 4.98 Å². The number of likely N-dealkylation sites (tertiary alicyclic amines) is 1. The molecule has 39 heavy (non-hydrogen) atoms. The van der Waals surface area contributed by atoms with E-state index in [4.69, 9.17) is 24.2 Å². The number of carbonyl (C=O) groups is 1. The number of carbonyl (C=O) groups excluding carboxylic acids is 1. The standard InChI is InChI=1S/C28H34F2N4O5/c1-5-36-25-22(29)10-19(11-23(25)30)14-33(21-7-6-20(12-31)32-13-21)9-8-24-37-17-28(18-38-24)15-34(16-28)26(35)39-27(2,3)4/h6-7,10-11,13,24H,5,8-9,14-18H2,1-4H3. The van der Waals surface area contributed by atoms with Crippen molar-refractivity contribution in [3.05, 3.63) is 53.4 Å². The van der Waals surface area contributed by atoms with E-state index >= 15 is 0 Å². The fourth-order valence-electron chi connectivity index (χ4n) is 4.60. The van der Waals surface area contributed by atoms with E-state index in [1.165, 1.54) is 12.1 Å². The quantitative estimate of drug-likeness (QED) is 0.474. The van der Waals surface area contributed by atoms with Gasteiger partial charge in [0, 0.05) is 32.6 Å². The SMILES string of the molecule is CCOc1c(F)cc(CN(CCC2OCC3(CO2)CN(C(=O)OC(C)(C)C)C3)c2ccc(C#N)nc2)cc1F. The van der Waals surface area contributed by atoms with Gasteiger partial charge < -0.3 is 28.7 Å². The van der Waals surface area contributed by atoms with Crippen molar-refractivity contribution < 1.29 is 32.5 Å². The first-order valence-electron chi connectivity index (χ1n) is 12.9. The number of nitriles is 1. The highest BCUT2D eigenvalue weighted by atomic mass is 19.1. The molecule has 0 aliphatic carbocycles. The summed E-state index contributed by atoms with van der Waals surface area (Å²) in [6.07, 6.45) is 1.21. The van der Waals surface area contributed by atoms with Crippen molar-refractivity contribution in [3.63, 3.8) is 0 Å². The summed E-state index contributed by atoms with van der Waals surface area (Å²) < 4.78 is 51.5. The van der Waals surface area contributed by atoms with Crippen LogP contribution in [-0.2, 0) is 20.8 Å². The first-order valence-corrected chi connectivity index (χ1v) is 12.9. The van der Waals surface area contributed by atoms with Crippen LogP contribution in [0.25, 0.3) is 0 Å². The maximum atomic E-state index is 14.5. The molecule has 2 aromatic rings. The number of halogens is 2. The molecule has 3 heterocycles. The van der Waals surface area contributed by atoms with Crippen molar-refractivity contribution in [1.82, 2.24) is 9.88 Å². The Hall–Kier alpha value is -3.49. The third kappa shape index (κ3) is 7.13. The van der Waals surface area contributed by atoms with Crippen molar-refractivity contribution in [2.45, 2.75) is 52.6 Å². The van der Waals surface area contributed by atoms with Crippen LogP contribution >= 0.6 is 0 Å². The van der Waals surface area contributed by atoms with Gasteiger partial charge in [-0.2, -0.15) is 5.26 Å². The summed E-state index contributed by atoms with van der Waals surface area (Å²) in [6.45, 7) is 9.84. The van der Waals surface area contributed by atoms with Crippen LogP contribution in [0.1, 0.15) is 45.4 Å². The zero-order valence-electron chi connectivity index (χ0n) is 22.7. The maximum Gasteiger partial charge on any atom is 0.410 e. The Balaban J connectivity index is 1.37. The van der Waals surface area contributed by atoms with Gasteiger partial charge in [-0.3, -0.25) is 0 Å². The Bertz CT molecular complexity index is 1170. The highest BCUT2D eigenvalue weighted by Crippen LogP contribution is 2.36. The minimum absolute atomic E-state index is 0.151. The van der Waals surface area contributed by atoms with Crippen molar-refractivity contribution >= 4 is 11.8 Å². The average molecular weight is 545 g/mol. The predicted octanol–water partition coefficient (Wildman–Crippen LogP) is 4.64. The van der Waals surface area contributed by atoms with Crippen LogP contribution in [0.3, 0.4) is 0 Å². The fraction of sp³-hybridized carbons (Fsp3) is 0.536. The molecule has 2 aliphatic rings. The molecule has 2 aliphatic heterocycles. The zero-order valence-corrected chi connectivity index (χ0v) is 22.7. The number of nitrogens with zero attached hydrogens (tertiary/aromatic N) is 4. The first-order chi connectivity index (χ1) is 18.5. The normalized spacial score (nSPS) is 16.9. The molecular weight excluding hydrogens is 510 g/mol. The van der Waals surface area contributed by atoms with E-state index in [9.17, 15) is 13.6 Å². The van der Waals surface area contributed by atoms with E-state index in [1.807, 2.05) is 31.7 Å². The second kappa shape index (κ2) is 11.7. The Morgan fingerprint density at radius 3 is 2.44 bits per heavy atom. The van der Waals surface area contributed by atoms with Gasteiger partial charge in [-0.1, -0.05) is 0 Å². The van der Waals surface area contributed by atoms with Gasteiger partial charge >= 0.3 is 6.09 Å². The Morgan fingerprint density at radius 2 is 1.90 bits per heavy atom. The van der Waals surface area contributed by atoms with Crippen molar-refractivity contribution in [1.29, 1.82) is 5.26 Å². The van der Waals surface area contributed by atoms with E-state index < -0.39 is 29.3 Å². The number of rotatable bonds is 8. The lowest BCUT2D eigenvalue weighted by molar-refractivity contribution is -0.254. The van der Waals surface area contributed by atoms with E-state index in [0.29, 0.717) is 50.5 Å². The molecule has 1 aromatic heterocycles. The minimum Gasteiger partial charge on any atom is -0.488 e. The molecule has 210 valence electrons. The molecule has 1 spiro atoms. The van der Waals surface area contributed by atoms with Gasteiger partial charge in [-0.25, -0.2) is 18.6 Å². The van der Waals surface area contributed by atoms with E-state index in [1.54, 1.807) is 30.2 Å². The number of hydrogen-bond acceptors (Lipinski definition) is 8. The molecule has 0 saturated carbocycles.